The molecule has 7 saturated heterocycles. The normalized spacial score (nSPS) is 30.5. The molecule has 10 nitrogen and oxygen atoms in total. The summed E-state index contributed by atoms with van der Waals surface area (Å²) in [4.78, 5) is 19.2. The first-order valence-corrected chi connectivity index (χ1v) is 21.8. The van der Waals surface area contributed by atoms with E-state index in [1.807, 2.05) is 48.8 Å². The summed E-state index contributed by atoms with van der Waals surface area (Å²) >= 11 is 0. The predicted octanol–water partition coefficient (Wildman–Crippen LogP) is 6.17. The third-order valence-electron chi connectivity index (χ3n) is 14.6. The molecule has 2 aromatic heterocycles. The van der Waals surface area contributed by atoms with Gasteiger partial charge in [0.2, 0.25) is 0 Å². The summed E-state index contributed by atoms with van der Waals surface area (Å²) in [5.74, 6) is 4.65. The number of piperazine rings is 1. The van der Waals surface area contributed by atoms with Gasteiger partial charge in [-0.2, -0.15) is 0 Å². The fraction of sp³-hybridized carbons (Fsp3) is 0.609. The number of ether oxygens (including phenoxy) is 2. The second kappa shape index (κ2) is 16.8. The lowest BCUT2D eigenvalue weighted by Gasteiger charge is -2.51. The van der Waals surface area contributed by atoms with Crippen molar-refractivity contribution in [1.29, 1.82) is 0 Å². The number of aromatic nitrogens is 2. The zero-order chi connectivity index (χ0) is 38.2. The third kappa shape index (κ3) is 7.77. The van der Waals surface area contributed by atoms with Crippen molar-refractivity contribution in [2.24, 2.45) is 23.7 Å². The highest BCUT2D eigenvalue weighted by Crippen LogP contribution is 2.44. The molecule has 7 fully saturated rings. The number of piperidine rings is 6. The Morgan fingerprint density at radius 3 is 1.46 bits per heavy atom. The molecule has 9 heterocycles. The van der Waals surface area contributed by atoms with Crippen LogP contribution in [0.5, 0.6) is 11.5 Å². The Bertz CT molecular complexity index is 1810. The number of aliphatic hydroxyl groups excluding tert-OH is 2. The molecule has 10 heteroatoms. The van der Waals surface area contributed by atoms with Gasteiger partial charge in [-0.05, 0) is 122 Å². The number of nitrogens with zero attached hydrogens (tertiary/aromatic N) is 6. The monoisotopic (exact) mass is 762 g/mol. The van der Waals surface area contributed by atoms with Crippen LogP contribution in [-0.4, -0.2) is 131 Å². The van der Waals surface area contributed by atoms with Crippen molar-refractivity contribution < 1.29 is 19.7 Å². The molecule has 4 unspecified atom stereocenters. The van der Waals surface area contributed by atoms with Crippen LogP contribution < -0.4 is 9.47 Å². The molecule has 300 valence electrons. The maximum atomic E-state index is 11.7. The van der Waals surface area contributed by atoms with Gasteiger partial charge in [-0.3, -0.25) is 29.6 Å². The van der Waals surface area contributed by atoms with Gasteiger partial charge in [-0.15, -0.1) is 0 Å². The summed E-state index contributed by atoms with van der Waals surface area (Å²) in [6.07, 6.45) is 9.76. The van der Waals surface area contributed by atoms with Crippen LogP contribution in [0.25, 0.3) is 21.8 Å². The first kappa shape index (κ1) is 38.2. The van der Waals surface area contributed by atoms with Gasteiger partial charge in [-0.25, -0.2) is 0 Å². The zero-order valence-electron chi connectivity index (χ0n) is 33.5. The van der Waals surface area contributed by atoms with Gasteiger partial charge >= 0.3 is 0 Å². The highest BCUT2D eigenvalue weighted by atomic mass is 16.5. The van der Waals surface area contributed by atoms with E-state index in [1.165, 1.54) is 25.7 Å². The van der Waals surface area contributed by atoms with Crippen molar-refractivity contribution in [3.63, 3.8) is 0 Å². The maximum absolute atomic E-state index is 11.7. The fourth-order valence-corrected chi connectivity index (χ4v) is 11.2. The van der Waals surface area contributed by atoms with Crippen molar-refractivity contribution in [3.8, 4) is 11.5 Å². The third-order valence-corrected chi connectivity index (χ3v) is 14.6. The molecule has 2 N–H and O–H groups in total. The minimum atomic E-state index is -0.525. The van der Waals surface area contributed by atoms with Crippen LogP contribution in [0.1, 0.15) is 75.7 Å². The molecule has 10 atom stereocenters. The number of hydrogen-bond acceptors (Lipinski definition) is 10. The van der Waals surface area contributed by atoms with E-state index in [0.29, 0.717) is 13.2 Å². The number of rotatable bonds is 14. The molecular formula is C46H62N6O4. The van der Waals surface area contributed by atoms with Crippen molar-refractivity contribution in [2.75, 3.05) is 78.7 Å². The van der Waals surface area contributed by atoms with Crippen LogP contribution in [0, 0.1) is 23.7 Å². The molecule has 0 spiro atoms. The average Bonchev–Trinajstić information content (AvgIpc) is 3.26. The van der Waals surface area contributed by atoms with E-state index in [2.05, 4.69) is 55.5 Å². The molecule has 0 amide bonds. The highest BCUT2D eigenvalue weighted by molar-refractivity contribution is 5.84. The van der Waals surface area contributed by atoms with Crippen LogP contribution in [0.3, 0.4) is 0 Å². The molecule has 7 aliphatic heterocycles. The standard InChI is InChI=1S/C46H62N6O4/c1-3-31-29-51-15-11-33(31)25-43(51)45(53)37-9-13-47-41-7-5-35(27-39(37)41)55-23-21-49-17-19-50(20-18-49)22-24-56-36-6-8-42-40(28-36)38(10-14-48-42)46(54)44-26-34-12-16-52(44)30-32(34)4-2/h5-10,13-14,27-28,31-34,43-46,53-54H,3-4,11-12,15-26,29-30H2,1-2H3/t31-,32+,33-,34+,43-,44+,45?,46?. The lowest BCUT2D eigenvalue weighted by molar-refractivity contribution is -0.0562. The molecule has 2 aromatic carbocycles. The Balaban J connectivity index is 0.740. The second-order valence-electron chi connectivity index (χ2n) is 17.5. The van der Waals surface area contributed by atoms with E-state index in [0.717, 1.165) is 146 Å². The number of pyridine rings is 2. The summed E-state index contributed by atoms with van der Waals surface area (Å²) < 4.78 is 12.6. The average molecular weight is 763 g/mol. The summed E-state index contributed by atoms with van der Waals surface area (Å²) in [7, 11) is 0. The molecule has 7 aliphatic rings. The van der Waals surface area contributed by atoms with E-state index >= 15 is 0 Å². The van der Waals surface area contributed by atoms with E-state index < -0.39 is 12.2 Å². The van der Waals surface area contributed by atoms with Crippen LogP contribution in [-0.2, 0) is 0 Å². The Kier molecular flexibility index (Phi) is 11.5. The van der Waals surface area contributed by atoms with Gasteiger partial charge in [0.1, 0.15) is 24.7 Å². The summed E-state index contributed by atoms with van der Waals surface area (Å²) in [5, 5.41) is 25.4. The fourth-order valence-electron chi connectivity index (χ4n) is 11.2. The minimum absolute atomic E-state index is 0.176. The summed E-state index contributed by atoms with van der Waals surface area (Å²) in [6.45, 7) is 16.0. The lowest BCUT2D eigenvalue weighted by Crippen LogP contribution is -2.55. The molecular weight excluding hydrogens is 701 g/mol. The van der Waals surface area contributed by atoms with Crippen LogP contribution >= 0.6 is 0 Å². The molecule has 4 aromatic rings. The Morgan fingerprint density at radius 2 is 1.07 bits per heavy atom. The first-order chi connectivity index (χ1) is 27.4. The van der Waals surface area contributed by atoms with Crippen molar-refractivity contribution in [3.05, 3.63) is 72.1 Å². The van der Waals surface area contributed by atoms with E-state index in [9.17, 15) is 10.2 Å². The maximum Gasteiger partial charge on any atom is 0.120 e. The van der Waals surface area contributed by atoms with E-state index in [4.69, 9.17) is 9.47 Å². The second-order valence-corrected chi connectivity index (χ2v) is 17.5. The van der Waals surface area contributed by atoms with E-state index in [1.54, 1.807) is 0 Å². The van der Waals surface area contributed by atoms with Gasteiger partial charge in [-0.1, -0.05) is 26.7 Å². The molecule has 0 saturated carbocycles. The predicted molar refractivity (Wildman–Crippen MR) is 221 cm³/mol. The smallest absolute Gasteiger partial charge is 0.120 e. The SMILES string of the molecule is CC[C@@H]1CN2CC[C@@H]1C[C@@H]2C(O)c1ccnc2ccc(OCCN3CCN(CCOc4ccc5nccc(C(O)[C@@H]6C[C@@H]7CCN6C[C@@H]7CC)c5c4)CC3)cc12. The van der Waals surface area contributed by atoms with Crippen molar-refractivity contribution in [2.45, 2.75) is 76.7 Å². The topological polar surface area (TPSA) is 97.7 Å². The number of hydrogen-bond donors (Lipinski definition) is 2. The van der Waals surface area contributed by atoms with Gasteiger partial charge in [0.05, 0.1) is 23.2 Å². The molecule has 11 rings (SSSR count). The molecule has 0 radical (unpaired) electrons. The molecule has 56 heavy (non-hydrogen) atoms. The number of fused-ring (bicyclic) bond motifs is 8. The van der Waals surface area contributed by atoms with Crippen LogP contribution in [0.15, 0.2) is 60.9 Å². The Labute approximate surface area is 332 Å². The van der Waals surface area contributed by atoms with Gasteiger partial charge < -0.3 is 19.7 Å². The van der Waals surface area contributed by atoms with Crippen molar-refractivity contribution >= 4 is 21.8 Å². The van der Waals surface area contributed by atoms with Crippen molar-refractivity contribution in [1.82, 2.24) is 29.6 Å². The lowest BCUT2D eigenvalue weighted by atomic mass is 9.72. The van der Waals surface area contributed by atoms with Gasteiger partial charge in [0, 0.05) is 87.6 Å². The highest BCUT2D eigenvalue weighted by Gasteiger charge is 2.44. The Morgan fingerprint density at radius 1 is 0.625 bits per heavy atom. The van der Waals surface area contributed by atoms with Gasteiger partial charge in [0.25, 0.3) is 0 Å². The van der Waals surface area contributed by atoms with Gasteiger partial charge in [0.15, 0.2) is 0 Å². The van der Waals surface area contributed by atoms with Crippen LogP contribution in [0.2, 0.25) is 0 Å². The number of aliphatic hydroxyl groups is 2. The van der Waals surface area contributed by atoms with E-state index in [-0.39, 0.29) is 12.1 Å². The first-order valence-electron chi connectivity index (χ1n) is 21.8. The quantitative estimate of drug-likeness (QED) is 0.156. The summed E-state index contributed by atoms with van der Waals surface area (Å²) in [6, 6.07) is 16.6. The molecule has 0 aliphatic carbocycles. The molecule has 4 bridgehead atoms. The zero-order valence-corrected chi connectivity index (χ0v) is 33.5. The summed E-state index contributed by atoms with van der Waals surface area (Å²) in [5.41, 5.74) is 3.75. The minimum Gasteiger partial charge on any atom is -0.492 e. The largest absolute Gasteiger partial charge is 0.492 e. The van der Waals surface area contributed by atoms with Crippen LogP contribution in [0.4, 0.5) is 0 Å². The number of benzene rings is 2. The Hall–Kier alpha value is -3.38.